The molecule has 1 saturated heterocycles. The lowest BCUT2D eigenvalue weighted by Gasteiger charge is -2.36. The first kappa shape index (κ1) is 14.1. The molecule has 2 N–H and O–H groups in total. The van der Waals surface area contributed by atoms with Crippen molar-refractivity contribution in [1.82, 2.24) is 4.90 Å². The Morgan fingerprint density at radius 1 is 1.47 bits per heavy atom. The molecule has 1 fully saturated rings. The molecule has 0 unspecified atom stereocenters. The van der Waals surface area contributed by atoms with Gasteiger partial charge in [-0.3, -0.25) is 9.59 Å². The molecule has 1 aromatic rings. The van der Waals surface area contributed by atoms with Crippen molar-refractivity contribution in [2.45, 2.75) is 32.7 Å². The van der Waals surface area contributed by atoms with E-state index >= 15 is 0 Å². The average molecular weight is 329 g/mol. The number of furan rings is 1. The van der Waals surface area contributed by atoms with Gasteiger partial charge in [-0.2, -0.15) is 0 Å². The molecule has 0 bridgehead atoms. The topological polar surface area (TPSA) is 76.5 Å². The number of aryl methyl sites for hydroxylation is 1. The van der Waals surface area contributed by atoms with Crippen molar-refractivity contribution in [2.75, 3.05) is 6.54 Å². The molecule has 19 heavy (non-hydrogen) atoms. The number of nitrogens with zero attached hydrogens (tertiary/aromatic N) is 1. The minimum Gasteiger partial charge on any atom is -0.444 e. The molecule has 1 aromatic heterocycles. The molecule has 0 saturated carbocycles. The van der Waals surface area contributed by atoms with Crippen molar-refractivity contribution < 1.29 is 14.0 Å². The van der Waals surface area contributed by atoms with Crippen LogP contribution in [0, 0.1) is 12.8 Å². The van der Waals surface area contributed by atoms with Crippen LogP contribution in [0.1, 0.15) is 35.9 Å². The lowest BCUT2D eigenvalue weighted by atomic mass is 9.92. The number of piperidine rings is 1. The van der Waals surface area contributed by atoms with E-state index in [2.05, 4.69) is 15.9 Å². The lowest BCUT2D eigenvalue weighted by molar-refractivity contribution is -0.123. The summed E-state index contributed by atoms with van der Waals surface area (Å²) in [6.45, 7) is 4.16. The quantitative estimate of drug-likeness (QED) is 0.902. The molecule has 2 amide bonds. The van der Waals surface area contributed by atoms with Gasteiger partial charge in [0.15, 0.2) is 10.4 Å². The van der Waals surface area contributed by atoms with Gasteiger partial charge in [0.2, 0.25) is 5.91 Å². The standard InChI is InChI=1S/C13H17BrN2O3/c1-7-5-10(14)19-11(7)13(18)16-6-9(12(15)17)4-3-8(16)2/h5,8-9H,3-4,6H2,1-2H3,(H2,15,17)/t8-,9-/m1/s1. The Bertz CT molecular complexity index is 512. The zero-order chi connectivity index (χ0) is 14.2. The zero-order valence-electron chi connectivity index (χ0n) is 11.0. The Labute approximate surface area is 120 Å². The summed E-state index contributed by atoms with van der Waals surface area (Å²) in [6.07, 6.45) is 1.52. The molecule has 1 aliphatic heterocycles. The van der Waals surface area contributed by atoms with Crippen LogP contribution >= 0.6 is 15.9 Å². The van der Waals surface area contributed by atoms with E-state index < -0.39 is 0 Å². The van der Waals surface area contributed by atoms with Crippen LogP contribution in [0.4, 0.5) is 0 Å². The van der Waals surface area contributed by atoms with E-state index in [0.29, 0.717) is 17.0 Å². The van der Waals surface area contributed by atoms with Gasteiger partial charge in [0, 0.05) is 18.2 Å². The molecule has 2 heterocycles. The van der Waals surface area contributed by atoms with Crippen molar-refractivity contribution >= 4 is 27.7 Å². The van der Waals surface area contributed by atoms with Crippen LogP contribution in [0.5, 0.6) is 0 Å². The molecule has 0 aliphatic carbocycles. The number of amides is 2. The summed E-state index contributed by atoms with van der Waals surface area (Å²) in [5, 5.41) is 0. The van der Waals surface area contributed by atoms with E-state index in [1.807, 2.05) is 13.8 Å². The van der Waals surface area contributed by atoms with Crippen molar-refractivity contribution in [2.24, 2.45) is 11.7 Å². The fraction of sp³-hybridized carbons (Fsp3) is 0.538. The van der Waals surface area contributed by atoms with Crippen LogP contribution in [-0.2, 0) is 4.79 Å². The van der Waals surface area contributed by atoms with E-state index in [4.69, 9.17) is 10.2 Å². The van der Waals surface area contributed by atoms with Crippen LogP contribution in [0.15, 0.2) is 15.2 Å². The number of hydrogen-bond donors (Lipinski definition) is 1. The third kappa shape index (κ3) is 2.83. The molecular weight excluding hydrogens is 312 g/mol. The van der Waals surface area contributed by atoms with Gasteiger partial charge >= 0.3 is 0 Å². The molecule has 0 aromatic carbocycles. The second-order valence-corrected chi connectivity index (χ2v) is 5.83. The highest BCUT2D eigenvalue weighted by Gasteiger charge is 2.33. The number of rotatable bonds is 2. The fourth-order valence-electron chi connectivity index (χ4n) is 2.41. The van der Waals surface area contributed by atoms with E-state index in [1.165, 1.54) is 0 Å². The summed E-state index contributed by atoms with van der Waals surface area (Å²) in [7, 11) is 0. The maximum absolute atomic E-state index is 12.5. The molecule has 5 nitrogen and oxygen atoms in total. The van der Waals surface area contributed by atoms with Gasteiger partial charge in [-0.05, 0) is 48.7 Å². The number of carbonyl (C=O) groups is 2. The third-order valence-corrected chi connectivity index (χ3v) is 4.02. The van der Waals surface area contributed by atoms with E-state index in [-0.39, 0.29) is 23.8 Å². The van der Waals surface area contributed by atoms with E-state index in [9.17, 15) is 9.59 Å². The van der Waals surface area contributed by atoms with Gasteiger partial charge in [-0.15, -0.1) is 0 Å². The Balaban J connectivity index is 2.21. The zero-order valence-corrected chi connectivity index (χ0v) is 12.6. The highest BCUT2D eigenvalue weighted by atomic mass is 79.9. The highest BCUT2D eigenvalue weighted by molar-refractivity contribution is 9.10. The molecule has 2 atom stereocenters. The second kappa shape index (κ2) is 5.36. The summed E-state index contributed by atoms with van der Waals surface area (Å²) in [5.74, 6) is -0.466. The molecule has 1 aliphatic rings. The van der Waals surface area contributed by atoms with Crippen LogP contribution in [0.3, 0.4) is 0 Å². The Morgan fingerprint density at radius 3 is 2.68 bits per heavy atom. The second-order valence-electron chi connectivity index (χ2n) is 5.05. The maximum atomic E-state index is 12.5. The van der Waals surface area contributed by atoms with Gasteiger partial charge in [-0.25, -0.2) is 0 Å². The Hall–Kier alpha value is -1.30. The Kier molecular flexibility index (Phi) is 3.99. The SMILES string of the molecule is Cc1cc(Br)oc1C(=O)N1C[C@H](C(N)=O)CC[C@H]1C. The summed E-state index contributed by atoms with van der Waals surface area (Å²) in [5.41, 5.74) is 6.12. The third-order valence-electron chi connectivity index (χ3n) is 3.63. The van der Waals surface area contributed by atoms with Crippen molar-refractivity contribution in [3.8, 4) is 0 Å². The molecule has 0 radical (unpaired) electrons. The Morgan fingerprint density at radius 2 is 2.16 bits per heavy atom. The van der Waals surface area contributed by atoms with Crippen molar-refractivity contribution in [3.63, 3.8) is 0 Å². The first-order valence-electron chi connectivity index (χ1n) is 6.26. The molecule has 6 heteroatoms. The minimum atomic E-state index is -0.345. The highest BCUT2D eigenvalue weighted by Crippen LogP contribution is 2.26. The fourth-order valence-corrected chi connectivity index (χ4v) is 2.91. The number of hydrogen-bond acceptors (Lipinski definition) is 3. The molecule has 0 spiro atoms. The number of nitrogens with two attached hydrogens (primary N) is 1. The first-order chi connectivity index (χ1) is 8.90. The van der Waals surface area contributed by atoms with Gasteiger partial charge in [0.05, 0.1) is 5.92 Å². The average Bonchev–Trinajstić information content (AvgIpc) is 2.68. The van der Waals surface area contributed by atoms with E-state index in [1.54, 1.807) is 11.0 Å². The molecule has 2 rings (SSSR count). The predicted molar refractivity (Wildman–Crippen MR) is 73.6 cm³/mol. The summed E-state index contributed by atoms with van der Waals surface area (Å²) in [6, 6.07) is 1.85. The van der Waals surface area contributed by atoms with Crippen molar-refractivity contribution in [1.29, 1.82) is 0 Å². The molecular formula is C13H17BrN2O3. The molecule has 104 valence electrons. The lowest BCUT2D eigenvalue weighted by Crippen LogP contribution is -2.48. The number of primary amides is 1. The van der Waals surface area contributed by atoms with Gasteiger partial charge in [-0.1, -0.05) is 0 Å². The van der Waals surface area contributed by atoms with Crippen LogP contribution in [0.2, 0.25) is 0 Å². The monoisotopic (exact) mass is 328 g/mol. The van der Waals surface area contributed by atoms with E-state index in [0.717, 1.165) is 18.4 Å². The summed E-state index contributed by atoms with van der Waals surface area (Å²) >= 11 is 3.21. The maximum Gasteiger partial charge on any atom is 0.290 e. The van der Waals surface area contributed by atoms with Crippen LogP contribution in [-0.4, -0.2) is 29.3 Å². The normalized spacial score (nSPS) is 23.4. The predicted octanol–water partition coefficient (Wildman–Crippen LogP) is 2.08. The van der Waals surface area contributed by atoms with Crippen molar-refractivity contribution in [3.05, 3.63) is 22.1 Å². The van der Waals surface area contributed by atoms with Gasteiger partial charge in [0.1, 0.15) is 0 Å². The van der Waals surface area contributed by atoms with Crippen LogP contribution < -0.4 is 5.73 Å². The first-order valence-corrected chi connectivity index (χ1v) is 7.05. The number of carbonyl (C=O) groups excluding carboxylic acids is 2. The van der Waals surface area contributed by atoms with Crippen LogP contribution in [0.25, 0.3) is 0 Å². The minimum absolute atomic E-state index is 0.0892. The summed E-state index contributed by atoms with van der Waals surface area (Å²) in [4.78, 5) is 25.4. The van der Waals surface area contributed by atoms with Gasteiger partial charge < -0.3 is 15.1 Å². The summed E-state index contributed by atoms with van der Waals surface area (Å²) < 4.78 is 5.91. The van der Waals surface area contributed by atoms with Gasteiger partial charge in [0.25, 0.3) is 5.91 Å². The smallest absolute Gasteiger partial charge is 0.290 e. The number of halogens is 1. The largest absolute Gasteiger partial charge is 0.444 e. The number of likely N-dealkylation sites (tertiary alicyclic amines) is 1.